The van der Waals surface area contributed by atoms with E-state index in [1.54, 1.807) is 6.07 Å². The molecule has 2 aromatic carbocycles. The highest BCUT2D eigenvalue weighted by atomic mass is 19.1. The molecule has 0 aliphatic rings. The smallest absolute Gasteiger partial charge is 0.168 e. The van der Waals surface area contributed by atoms with Crippen LogP contribution in [0.4, 0.5) is 8.78 Å². The van der Waals surface area contributed by atoms with E-state index >= 15 is 0 Å². The molecule has 0 fully saturated rings. The van der Waals surface area contributed by atoms with Gasteiger partial charge in [0.1, 0.15) is 11.6 Å². The van der Waals surface area contributed by atoms with Gasteiger partial charge < -0.3 is 10.1 Å². The van der Waals surface area contributed by atoms with Gasteiger partial charge in [0.25, 0.3) is 0 Å². The molecule has 19 heavy (non-hydrogen) atoms. The lowest BCUT2D eigenvalue weighted by atomic mass is 10.1. The van der Waals surface area contributed by atoms with Crippen molar-refractivity contribution in [1.82, 2.24) is 5.32 Å². The molecule has 1 N–H and O–H groups in total. The Morgan fingerprint density at radius 2 is 1.79 bits per heavy atom. The number of nitrogens with one attached hydrogen (secondary N) is 1. The van der Waals surface area contributed by atoms with Crippen LogP contribution < -0.4 is 10.1 Å². The molecule has 100 valence electrons. The second-order valence-electron chi connectivity index (χ2n) is 4.31. The van der Waals surface area contributed by atoms with Gasteiger partial charge in [-0.2, -0.15) is 0 Å². The zero-order chi connectivity index (χ0) is 13.8. The molecule has 2 aromatic rings. The first kappa shape index (κ1) is 13.5. The Balaban J connectivity index is 2.23. The molecule has 0 spiro atoms. The van der Waals surface area contributed by atoms with Crippen molar-refractivity contribution >= 4 is 0 Å². The molecule has 0 heterocycles. The first-order valence-corrected chi connectivity index (χ1v) is 5.97. The summed E-state index contributed by atoms with van der Waals surface area (Å²) in [6, 6.07) is 8.91. The fourth-order valence-electron chi connectivity index (χ4n) is 1.82. The molecule has 2 rings (SSSR count). The standard InChI is InChI=1S/C15H15F2NO/c1-10-7-11(9-18-2)3-5-14(10)19-15-6-4-12(16)8-13(15)17/h3-8,18H,9H2,1-2H3. The summed E-state index contributed by atoms with van der Waals surface area (Å²) >= 11 is 0. The minimum absolute atomic E-state index is 0.0193. The van der Waals surface area contributed by atoms with Crippen LogP contribution in [0.2, 0.25) is 0 Å². The van der Waals surface area contributed by atoms with E-state index in [2.05, 4.69) is 5.32 Å². The number of halogens is 2. The van der Waals surface area contributed by atoms with Crippen molar-refractivity contribution in [3.8, 4) is 11.5 Å². The van der Waals surface area contributed by atoms with Crippen LogP contribution in [0.3, 0.4) is 0 Å². The van der Waals surface area contributed by atoms with E-state index in [4.69, 9.17) is 4.74 Å². The van der Waals surface area contributed by atoms with E-state index < -0.39 is 11.6 Å². The summed E-state index contributed by atoms with van der Waals surface area (Å²) in [4.78, 5) is 0. The molecular formula is C15H15F2NO. The highest BCUT2D eigenvalue weighted by Gasteiger charge is 2.08. The van der Waals surface area contributed by atoms with Crippen molar-refractivity contribution in [2.45, 2.75) is 13.5 Å². The average molecular weight is 263 g/mol. The molecule has 0 bridgehead atoms. The monoisotopic (exact) mass is 263 g/mol. The zero-order valence-corrected chi connectivity index (χ0v) is 10.8. The summed E-state index contributed by atoms with van der Waals surface area (Å²) in [7, 11) is 1.87. The van der Waals surface area contributed by atoms with Gasteiger partial charge in [-0.25, -0.2) is 8.78 Å². The van der Waals surface area contributed by atoms with Gasteiger partial charge in [-0.3, -0.25) is 0 Å². The third kappa shape index (κ3) is 3.29. The maximum Gasteiger partial charge on any atom is 0.168 e. The van der Waals surface area contributed by atoms with Crippen LogP contribution in [-0.4, -0.2) is 7.05 Å². The molecule has 0 saturated heterocycles. The van der Waals surface area contributed by atoms with Crippen molar-refractivity contribution in [3.63, 3.8) is 0 Å². The fourth-order valence-corrected chi connectivity index (χ4v) is 1.82. The van der Waals surface area contributed by atoms with E-state index in [1.807, 2.05) is 26.1 Å². The highest BCUT2D eigenvalue weighted by molar-refractivity contribution is 5.40. The lowest BCUT2D eigenvalue weighted by Gasteiger charge is -2.11. The zero-order valence-electron chi connectivity index (χ0n) is 10.8. The first-order chi connectivity index (χ1) is 9.10. The SMILES string of the molecule is CNCc1ccc(Oc2ccc(F)cc2F)c(C)c1. The minimum Gasteiger partial charge on any atom is -0.454 e. The van der Waals surface area contributed by atoms with E-state index in [0.717, 1.165) is 23.7 Å². The largest absolute Gasteiger partial charge is 0.454 e. The van der Waals surface area contributed by atoms with Gasteiger partial charge in [-0.1, -0.05) is 12.1 Å². The summed E-state index contributed by atoms with van der Waals surface area (Å²) in [6.07, 6.45) is 0. The normalized spacial score (nSPS) is 10.5. The van der Waals surface area contributed by atoms with E-state index in [1.165, 1.54) is 12.1 Å². The summed E-state index contributed by atoms with van der Waals surface area (Å²) in [5, 5.41) is 3.05. The summed E-state index contributed by atoms with van der Waals surface area (Å²) in [6.45, 7) is 2.64. The molecule has 0 radical (unpaired) electrons. The Labute approximate surface area is 111 Å². The number of hydrogen-bond donors (Lipinski definition) is 1. The van der Waals surface area contributed by atoms with Gasteiger partial charge >= 0.3 is 0 Å². The van der Waals surface area contributed by atoms with Crippen LogP contribution in [0.25, 0.3) is 0 Å². The van der Waals surface area contributed by atoms with Gasteiger partial charge in [0.05, 0.1) is 0 Å². The predicted octanol–water partition coefficient (Wildman–Crippen LogP) is 3.78. The van der Waals surface area contributed by atoms with Crippen LogP contribution in [-0.2, 0) is 6.54 Å². The van der Waals surface area contributed by atoms with Gasteiger partial charge in [-0.05, 0) is 43.3 Å². The number of aryl methyl sites for hydroxylation is 1. The number of ether oxygens (including phenoxy) is 1. The third-order valence-electron chi connectivity index (χ3n) is 2.73. The maximum absolute atomic E-state index is 13.5. The van der Waals surface area contributed by atoms with Crippen molar-refractivity contribution in [1.29, 1.82) is 0 Å². The molecule has 2 nitrogen and oxygen atoms in total. The van der Waals surface area contributed by atoms with E-state index in [9.17, 15) is 8.78 Å². The maximum atomic E-state index is 13.5. The van der Waals surface area contributed by atoms with E-state index in [-0.39, 0.29) is 5.75 Å². The Hall–Kier alpha value is -1.94. The fraction of sp³-hybridized carbons (Fsp3) is 0.200. The van der Waals surface area contributed by atoms with Crippen molar-refractivity contribution in [2.75, 3.05) is 7.05 Å². The van der Waals surface area contributed by atoms with Crippen molar-refractivity contribution in [3.05, 3.63) is 59.2 Å². The van der Waals surface area contributed by atoms with Gasteiger partial charge in [0.15, 0.2) is 11.6 Å². The molecule has 0 saturated carbocycles. The summed E-state index contributed by atoms with van der Waals surface area (Å²) < 4.78 is 31.8. The molecule has 0 aromatic heterocycles. The molecule has 0 aliphatic carbocycles. The van der Waals surface area contributed by atoms with Gasteiger partial charge in [0, 0.05) is 12.6 Å². The van der Waals surface area contributed by atoms with Gasteiger partial charge in [0.2, 0.25) is 0 Å². The van der Waals surface area contributed by atoms with Crippen LogP contribution in [0.1, 0.15) is 11.1 Å². The molecule has 0 unspecified atom stereocenters. The third-order valence-corrected chi connectivity index (χ3v) is 2.73. The number of benzene rings is 2. The van der Waals surface area contributed by atoms with E-state index in [0.29, 0.717) is 5.75 Å². The van der Waals surface area contributed by atoms with Crippen LogP contribution in [0.15, 0.2) is 36.4 Å². The Morgan fingerprint density at radius 1 is 1.05 bits per heavy atom. The van der Waals surface area contributed by atoms with Crippen molar-refractivity contribution < 1.29 is 13.5 Å². The molecule has 0 amide bonds. The average Bonchev–Trinajstić information content (AvgIpc) is 2.36. The van der Waals surface area contributed by atoms with Crippen LogP contribution in [0.5, 0.6) is 11.5 Å². The predicted molar refractivity (Wildman–Crippen MR) is 70.4 cm³/mol. The molecule has 4 heteroatoms. The van der Waals surface area contributed by atoms with Crippen molar-refractivity contribution in [2.24, 2.45) is 0 Å². The number of rotatable bonds is 4. The molecule has 0 aliphatic heterocycles. The van der Waals surface area contributed by atoms with Gasteiger partial charge in [-0.15, -0.1) is 0 Å². The Kier molecular flexibility index (Phi) is 4.12. The highest BCUT2D eigenvalue weighted by Crippen LogP contribution is 2.28. The quantitative estimate of drug-likeness (QED) is 0.906. The lowest BCUT2D eigenvalue weighted by molar-refractivity contribution is 0.435. The lowest BCUT2D eigenvalue weighted by Crippen LogP contribution is -2.05. The second kappa shape index (κ2) is 5.80. The molecular weight excluding hydrogens is 248 g/mol. The van der Waals surface area contributed by atoms with Crippen LogP contribution >= 0.6 is 0 Å². The topological polar surface area (TPSA) is 21.3 Å². The summed E-state index contributed by atoms with van der Waals surface area (Å²) in [5.41, 5.74) is 2.02. The first-order valence-electron chi connectivity index (χ1n) is 5.97. The molecule has 0 atom stereocenters. The second-order valence-corrected chi connectivity index (χ2v) is 4.31. The van der Waals surface area contributed by atoms with Crippen LogP contribution in [0, 0.1) is 18.6 Å². The number of hydrogen-bond acceptors (Lipinski definition) is 2. The minimum atomic E-state index is -0.710. The summed E-state index contributed by atoms with van der Waals surface area (Å²) in [5.74, 6) is -0.749. The Morgan fingerprint density at radius 3 is 2.42 bits per heavy atom. The Bertz CT molecular complexity index is 584.